The van der Waals surface area contributed by atoms with Gasteiger partial charge in [-0.2, -0.15) is 13.2 Å². The Morgan fingerprint density at radius 3 is 2.62 bits per heavy atom. The van der Waals surface area contributed by atoms with Crippen molar-refractivity contribution in [2.24, 2.45) is 0 Å². The number of hydrogen-bond donors (Lipinski definition) is 2. The molecule has 0 spiro atoms. The Morgan fingerprint density at radius 1 is 1.33 bits per heavy atom. The first-order valence-electron chi connectivity index (χ1n) is 6.20. The molecule has 0 fully saturated rings. The number of benzene rings is 1. The van der Waals surface area contributed by atoms with Gasteiger partial charge in [0.1, 0.15) is 0 Å². The summed E-state index contributed by atoms with van der Waals surface area (Å²) in [6.07, 6.45) is -5.24. The van der Waals surface area contributed by atoms with Gasteiger partial charge in [-0.25, -0.2) is 0 Å². The maximum absolute atomic E-state index is 12.5. The highest BCUT2D eigenvalue weighted by atomic mass is 35.5. The van der Waals surface area contributed by atoms with Gasteiger partial charge in [-0.1, -0.05) is 11.6 Å². The monoisotopic (exact) mass is 327 g/mol. The number of nitrogens with one attached hydrogen (secondary N) is 1. The summed E-state index contributed by atoms with van der Waals surface area (Å²) in [6, 6.07) is 2.99. The zero-order valence-corrected chi connectivity index (χ0v) is 12.2. The lowest BCUT2D eigenvalue weighted by atomic mass is 10.2. The van der Waals surface area contributed by atoms with Crippen molar-refractivity contribution in [3.8, 4) is 0 Å². The van der Waals surface area contributed by atoms with E-state index in [-0.39, 0.29) is 18.2 Å². The molecule has 0 bridgehead atoms. The zero-order chi connectivity index (χ0) is 15.9. The van der Waals surface area contributed by atoms with Crippen molar-refractivity contribution in [3.05, 3.63) is 28.8 Å². The Balaban J connectivity index is 2.45. The summed E-state index contributed by atoms with van der Waals surface area (Å²) < 4.78 is 47.3. The molecule has 0 aliphatic rings. The molecule has 21 heavy (non-hydrogen) atoms. The van der Waals surface area contributed by atoms with E-state index in [0.717, 1.165) is 12.1 Å². The summed E-state index contributed by atoms with van der Waals surface area (Å²) in [4.78, 5) is 0. The van der Waals surface area contributed by atoms with E-state index in [4.69, 9.17) is 21.1 Å². The molecular weight excluding hydrogens is 311 g/mol. The average molecular weight is 328 g/mol. The molecule has 4 nitrogen and oxygen atoms in total. The van der Waals surface area contributed by atoms with Crippen molar-refractivity contribution in [2.75, 3.05) is 38.8 Å². The highest BCUT2D eigenvalue weighted by Crippen LogP contribution is 2.33. The first-order valence-corrected chi connectivity index (χ1v) is 6.57. The van der Waals surface area contributed by atoms with Gasteiger partial charge < -0.3 is 19.9 Å². The summed E-state index contributed by atoms with van der Waals surface area (Å²) >= 11 is 5.77. The van der Waals surface area contributed by atoms with Crippen LogP contribution in [-0.4, -0.2) is 44.7 Å². The summed E-state index contributed by atoms with van der Waals surface area (Å²) in [5, 5.41) is 12.3. The first kappa shape index (κ1) is 18.0. The SMILES string of the molecule is COCCOCC(O)CNc1ccc(C(F)(F)F)cc1Cl. The molecule has 2 N–H and O–H groups in total. The van der Waals surface area contributed by atoms with Gasteiger partial charge in [-0.15, -0.1) is 0 Å². The van der Waals surface area contributed by atoms with Crippen LogP contribution in [0.4, 0.5) is 18.9 Å². The molecule has 1 aromatic rings. The smallest absolute Gasteiger partial charge is 0.389 e. The minimum absolute atomic E-state index is 0.0580. The third-order valence-corrected chi connectivity index (χ3v) is 2.88. The van der Waals surface area contributed by atoms with Gasteiger partial charge in [0.15, 0.2) is 0 Å². The Labute approximate surface area is 125 Å². The van der Waals surface area contributed by atoms with E-state index in [1.807, 2.05) is 0 Å². The van der Waals surface area contributed by atoms with Crippen LogP contribution >= 0.6 is 11.6 Å². The van der Waals surface area contributed by atoms with Crippen LogP contribution in [0.2, 0.25) is 5.02 Å². The normalized spacial score (nSPS) is 13.2. The van der Waals surface area contributed by atoms with Crippen molar-refractivity contribution in [2.45, 2.75) is 12.3 Å². The fraction of sp³-hybridized carbons (Fsp3) is 0.538. The van der Waals surface area contributed by atoms with Crippen LogP contribution in [-0.2, 0) is 15.7 Å². The molecule has 8 heteroatoms. The summed E-state index contributed by atoms with van der Waals surface area (Å²) in [7, 11) is 1.54. The second-order valence-electron chi connectivity index (χ2n) is 4.29. The van der Waals surface area contributed by atoms with E-state index in [9.17, 15) is 18.3 Å². The lowest BCUT2D eigenvalue weighted by Crippen LogP contribution is -2.25. The van der Waals surface area contributed by atoms with Gasteiger partial charge in [0.05, 0.1) is 42.2 Å². The van der Waals surface area contributed by atoms with Crippen LogP contribution in [0.3, 0.4) is 0 Å². The molecule has 1 unspecified atom stereocenters. The number of ether oxygens (including phenoxy) is 2. The van der Waals surface area contributed by atoms with Gasteiger partial charge >= 0.3 is 6.18 Å². The molecule has 0 heterocycles. The quantitative estimate of drug-likeness (QED) is 0.721. The molecule has 0 saturated carbocycles. The van der Waals surface area contributed by atoms with Crippen LogP contribution in [0.25, 0.3) is 0 Å². The van der Waals surface area contributed by atoms with Gasteiger partial charge in [0, 0.05) is 13.7 Å². The van der Waals surface area contributed by atoms with Crippen LogP contribution in [0.5, 0.6) is 0 Å². The molecule has 1 aromatic carbocycles. The number of alkyl halides is 3. The minimum Gasteiger partial charge on any atom is -0.389 e. The highest BCUT2D eigenvalue weighted by molar-refractivity contribution is 6.33. The Bertz CT molecular complexity index is 443. The molecule has 0 aliphatic heterocycles. The topological polar surface area (TPSA) is 50.7 Å². The maximum Gasteiger partial charge on any atom is 0.416 e. The Morgan fingerprint density at radius 2 is 2.05 bits per heavy atom. The Kier molecular flexibility index (Phi) is 7.24. The fourth-order valence-corrected chi connectivity index (χ4v) is 1.73. The van der Waals surface area contributed by atoms with Crippen molar-refractivity contribution in [1.29, 1.82) is 0 Å². The number of halogens is 4. The maximum atomic E-state index is 12.5. The molecule has 0 aliphatic carbocycles. The average Bonchev–Trinajstić information content (AvgIpc) is 2.41. The molecule has 0 aromatic heterocycles. The molecule has 1 atom stereocenters. The first-order chi connectivity index (χ1) is 9.84. The van der Waals surface area contributed by atoms with Gasteiger partial charge in [-0.05, 0) is 18.2 Å². The van der Waals surface area contributed by atoms with E-state index < -0.39 is 17.8 Å². The largest absolute Gasteiger partial charge is 0.416 e. The zero-order valence-electron chi connectivity index (χ0n) is 11.4. The van der Waals surface area contributed by atoms with Crippen molar-refractivity contribution >= 4 is 17.3 Å². The molecule has 0 radical (unpaired) electrons. The third kappa shape index (κ3) is 6.52. The fourth-order valence-electron chi connectivity index (χ4n) is 1.48. The molecule has 120 valence electrons. The minimum atomic E-state index is -4.43. The predicted octanol–water partition coefficient (Wildman–Crippen LogP) is 2.79. The van der Waals surface area contributed by atoms with Crippen LogP contribution in [0, 0.1) is 0 Å². The summed E-state index contributed by atoms with van der Waals surface area (Å²) in [6.45, 7) is 0.978. The number of methoxy groups -OCH3 is 1. The number of aliphatic hydroxyl groups excluding tert-OH is 1. The molecule has 1 rings (SSSR count). The number of rotatable bonds is 8. The standard InChI is InChI=1S/C13H17ClF3NO3/c1-20-4-5-21-8-10(19)7-18-12-3-2-9(6-11(12)14)13(15,16)17/h2-3,6,10,18-19H,4-5,7-8H2,1H3. The third-order valence-electron chi connectivity index (χ3n) is 2.57. The van der Waals surface area contributed by atoms with Crippen molar-refractivity contribution in [1.82, 2.24) is 0 Å². The van der Waals surface area contributed by atoms with E-state index in [1.54, 1.807) is 0 Å². The predicted molar refractivity (Wildman–Crippen MR) is 73.6 cm³/mol. The van der Waals surface area contributed by atoms with E-state index in [1.165, 1.54) is 13.2 Å². The summed E-state index contributed by atoms with van der Waals surface area (Å²) in [5.74, 6) is 0. The van der Waals surface area contributed by atoms with E-state index in [2.05, 4.69) is 5.32 Å². The second kappa shape index (κ2) is 8.43. The number of aliphatic hydroxyl groups is 1. The number of anilines is 1. The van der Waals surface area contributed by atoms with Crippen molar-refractivity contribution in [3.63, 3.8) is 0 Å². The molecular formula is C13H17ClF3NO3. The molecule has 0 amide bonds. The van der Waals surface area contributed by atoms with E-state index >= 15 is 0 Å². The lowest BCUT2D eigenvalue weighted by molar-refractivity contribution is -0.137. The van der Waals surface area contributed by atoms with Crippen molar-refractivity contribution < 1.29 is 27.8 Å². The van der Waals surface area contributed by atoms with E-state index in [0.29, 0.717) is 18.9 Å². The second-order valence-corrected chi connectivity index (χ2v) is 4.70. The van der Waals surface area contributed by atoms with Gasteiger partial charge in [0.2, 0.25) is 0 Å². The van der Waals surface area contributed by atoms with Gasteiger partial charge in [-0.3, -0.25) is 0 Å². The highest BCUT2D eigenvalue weighted by Gasteiger charge is 2.30. The Hall–Kier alpha value is -1.02. The van der Waals surface area contributed by atoms with Crippen LogP contribution < -0.4 is 5.32 Å². The lowest BCUT2D eigenvalue weighted by Gasteiger charge is -2.15. The summed E-state index contributed by atoms with van der Waals surface area (Å²) in [5.41, 5.74) is -0.498. The van der Waals surface area contributed by atoms with Crippen LogP contribution in [0.15, 0.2) is 18.2 Å². The number of hydrogen-bond acceptors (Lipinski definition) is 4. The van der Waals surface area contributed by atoms with Crippen LogP contribution in [0.1, 0.15) is 5.56 Å². The van der Waals surface area contributed by atoms with Gasteiger partial charge in [0.25, 0.3) is 0 Å². The molecule has 0 saturated heterocycles.